The van der Waals surface area contributed by atoms with Gasteiger partial charge in [-0.1, -0.05) is 0 Å². The minimum atomic E-state index is -0.702. The molecule has 8 heteroatoms. The van der Waals surface area contributed by atoms with Crippen molar-refractivity contribution in [3.63, 3.8) is 0 Å². The van der Waals surface area contributed by atoms with E-state index in [4.69, 9.17) is 30.1 Å². The third-order valence-corrected chi connectivity index (χ3v) is 4.06. The molecule has 0 aliphatic rings. The monoisotopic (exact) mass is 426 g/mol. The highest BCUT2D eigenvalue weighted by Crippen LogP contribution is 2.39. The maximum absolute atomic E-state index is 12.5. The molecular formula is C23H22O8. The molecule has 0 aliphatic heterocycles. The lowest BCUT2D eigenvalue weighted by Gasteiger charge is -2.16. The molecule has 0 N–H and O–H groups in total. The van der Waals surface area contributed by atoms with Gasteiger partial charge in [-0.05, 0) is 49.2 Å². The zero-order chi connectivity index (χ0) is 22.6. The first-order chi connectivity index (χ1) is 15.0. The van der Waals surface area contributed by atoms with Crippen LogP contribution in [0.2, 0.25) is 0 Å². The first-order valence-electron chi connectivity index (χ1n) is 9.32. The second kappa shape index (κ2) is 11.9. The quantitative estimate of drug-likeness (QED) is 0.135. The largest absolute Gasteiger partial charge is 0.493 e. The molecule has 0 spiro atoms. The zero-order valence-electron chi connectivity index (χ0n) is 17.2. The van der Waals surface area contributed by atoms with Gasteiger partial charge in [0.15, 0.2) is 11.5 Å². The van der Waals surface area contributed by atoms with Gasteiger partial charge in [-0.15, -0.1) is 6.42 Å². The molecule has 0 bridgehead atoms. The molecule has 0 saturated carbocycles. The van der Waals surface area contributed by atoms with E-state index < -0.39 is 11.9 Å². The fraction of sp³-hybridized carbons (Fsp3) is 0.261. The van der Waals surface area contributed by atoms with Crippen molar-refractivity contribution in [2.75, 3.05) is 27.4 Å². The zero-order valence-corrected chi connectivity index (χ0v) is 17.2. The minimum Gasteiger partial charge on any atom is -0.493 e. The smallest absolute Gasteiger partial charge is 0.384 e. The minimum absolute atomic E-state index is 0.194. The van der Waals surface area contributed by atoms with Gasteiger partial charge in [0.2, 0.25) is 5.75 Å². The number of esters is 2. The highest BCUT2D eigenvalue weighted by molar-refractivity contribution is 5.92. The van der Waals surface area contributed by atoms with Gasteiger partial charge in [-0.3, -0.25) is 4.79 Å². The molecule has 0 atom stereocenters. The predicted octanol–water partition coefficient (Wildman–Crippen LogP) is 3.07. The molecule has 0 heterocycles. The van der Waals surface area contributed by atoms with Gasteiger partial charge in [0, 0.05) is 11.5 Å². The average molecular weight is 426 g/mol. The lowest BCUT2D eigenvalue weighted by atomic mass is 10.1. The topological polar surface area (TPSA) is 97.4 Å². The predicted molar refractivity (Wildman–Crippen MR) is 111 cm³/mol. The number of rotatable bonds is 11. The molecule has 8 nitrogen and oxygen atoms in total. The Morgan fingerprint density at radius 1 is 1.00 bits per heavy atom. The van der Waals surface area contributed by atoms with Crippen molar-refractivity contribution in [3.8, 4) is 35.3 Å². The molecule has 0 aromatic heterocycles. The van der Waals surface area contributed by atoms with Gasteiger partial charge in [0.05, 0.1) is 33.0 Å². The Morgan fingerprint density at radius 3 is 2.16 bits per heavy atom. The molecule has 0 aliphatic carbocycles. The highest BCUT2D eigenvalue weighted by atomic mass is 16.5. The number of carbonyl (C=O) groups excluding carboxylic acids is 3. The average Bonchev–Trinajstić information content (AvgIpc) is 2.80. The van der Waals surface area contributed by atoms with E-state index in [2.05, 4.69) is 0 Å². The van der Waals surface area contributed by atoms with Crippen LogP contribution in [0.4, 0.5) is 0 Å². The van der Waals surface area contributed by atoms with Crippen molar-refractivity contribution in [2.45, 2.75) is 12.8 Å². The van der Waals surface area contributed by atoms with E-state index in [0.29, 0.717) is 54.3 Å². The molecule has 2 aromatic carbocycles. The molecule has 0 unspecified atom stereocenters. The first kappa shape index (κ1) is 23.3. The van der Waals surface area contributed by atoms with Gasteiger partial charge in [0.1, 0.15) is 12.0 Å². The number of ether oxygens (including phenoxy) is 5. The Labute approximate surface area is 180 Å². The van der Waals surface area contributed by atoms with E-state index in [1.54, 1.807) is 12.1 Å². The second-order valence-electron chi connectivity index (χ2n) is 6.12. The van der Waals surface area contributed by atoms with Crippen molar-refractivity contribution >= 4 is 18.2 Å². The van der Waals surface area contributed by atoms with Gasteiger partial charge >= 0.3 is 11.9 Å². The number of methoxy groups -OCH3 is 2. The van der Waals surface area contributed by atoms with Crippen LogP contribution in [-0.4, -0.2) is 45.7 Å². The molecule has 0 radical (unpaired) electrons. The molecule has 162 valence electrons. The van der Waals surface area contributed by atoms with Crippen LogP contribution in [0.3, 0.4) is 0 Å². The summed E-state index contributed by atoms with van der Waals surface area (Å²) in [5.74, 6) is 1.75. The summed E-state index contributed by atoms with van der Waals surface area (Å²) in [4.78, 5) is 34.1. The van der Waals surface area contributed by atoms with E-state index in [-0.39, 0.29) is 12.2 Å². The van der Waals surface area contributed by atoms with Crippen LogP contribution in [-0.2, 0) is 9.53 Å². The fourth-order valence-corrected chi connectivity index (χ4v) is 2.51. The van der Waals surface area contributed by atoms with Crippen LogP contribution >= 0.6 is 0 Å². The van der Waals surface area contributed by atoms with Crippen LogP contribution in [0.15, 0.2) is 36.4 Å². The lowest BCUT2D eigenvalue weighted by Crippen LogP contribution is -2.10. The second-order valence-corrected chi connectivity index (χ2v) is 6.12. The Bertz CT molecular complexity index is 932. The number of hydrogen-bond donors (Lipinski definition) is 0. The van der Waals surface area contributed by atoms with Crippen LogP contribution in [0.1, 0.15) is 33.6 Å². The molecule has 0 saturated heterocycles. The van der Waals surface area contributed by atoms with Crippen molar-refractivity contribution in [1.82, 2.24) is 0 Å². The summed E-state index contributed by atoms with van der Waals surface area (Å²) in [6, 6.07) is 9.09. The van der Waals surface area contributed by atoms with Crippen molar-refractivity contribution < 1.29 is 38.1 Å². The van der Waals surface area contributed by atoms with Crippen molar-refractivity contribution in [3.05, 3.63) is 47.5 Å². The molecule has 31 heavy (non-hydrogen) atoms. The van der Waals surface area contributed by atoms with Crippen LogP contribution in [0, 0.1) is 12.3 Å². The fourth-order valence-electron chi connectivity index (χ4n) is 2.51. The summed E-state index contributed by atoms with van der Waals surface area (Å²) in [6.07, 6.45) is 6.77. The molecular weight excluding hydrogens is 404 g/mol. The molecule has 2 aromatic rings. The Kier molecular flexibility index (Phi) is 8.92. The van der Waals surface area contributed by atoms with Crippen LogP contribution < -0.4 is 18.9 Å². The van der Waals surface area contributed by atoms with Gasteiger partial charge < -0.3 is 23.7 Å². The third kappa shape index (κ3) is 6.78. The number of aldehydes is 1. The summed E-state index contributed by atoms with van der Waals surface area (Å²) >= 11 is 0. The maximum atomic E-state index is 12.5. The van der Waals surface area contributed by atoms with Gasteiger partial charge in [-0.25, -0.2) is 9.59 Å². The van der Waals surface area contributed by atoms with E-state index in [1.165, 1.54) is 38.5 Å². The highest BCUT2D eigenvalue weighted by Gasteiger charge is 2.19. The van der Waals surface area contributed by atoms with Gasteiger partial charge in [0.25, 0.3) is 0 Å². The first-order valence-corrected chi connectivity index (χ1v) is 9.32. The van der Waals surface area contributed by atoms with E-state index in [1.807, 2.05) is 5.92 Å². The Hall–Kier alpha value is -3.99. The Balaban J connectivity index is 2.04. The van der Waals surface area contributed by atoms with Crippen molar-refractivity contribution in [2.24, 2.45) is 0 Å². The number of carbonyl (C=O) groups is 3. The van der Waals surface area contributed by atoms with Crippen molar-refractivity contribution in [1.29, 1.82) is 0 Å². The Morgan fingerprint density at radius 2 is 1.61 bits per heavy atom. The summed E-state index contributed by atoms with van der Waals surface area (Å²) in [6.45, 7) is 0.493. The number of unbranched alkanes of at least 4 members (excludes halogenated alkanes) is 1. The maximum Gasteiger partial charge on any atom is 0.384 e. The van der Waals surface area contributed by atoms with E-state index in [0.717, 1.165) is 0 Å². The summed E-state index contributed by atoms with van der Waals surface area (Å²) < 4.78 is 26.5. The molecule has 0 fully saturated rings. The summed E-state index contributed by atoms with van der Waals surface area (Å²) in [7, 11) is 2.88. The lowest BCUT2D eigenvalue weighted by molar-refractivity contribution is -0.136. The van der Waals surface area contributed by atoms with Crippen LogP contribution in [0.5, 0.6) is 23.0 Å². The third-order valence-electron chi connectivity index (χ3n) is 4.06. The standard InChI is InChI=1S/C23H22O8/c1-4-21(25)29-11-5-6-12-30-22-19(27-2)13-17(14-20(22)28-3)23(26)31-18-9-7-16(15-24)8-10-18/h1,7-10,13-15H,5-6,11-12H2,2-3H3. The number of terminal acetylenes is 1. The molecule has 0 amide bonds. The summed E-state index contributed by atoms with van der Waals surface area (Å²) in [5, 5.41) is 0. The normalized spacial score (nSPS) is 9.84. The van der Waals surface area contributed by atoms with E-state index >= 15 is 0 Å². The molecule has 2 rings (SSSR count). The number of benzene rings is 2. The van der Waals surface area contributed by atoms with E-state index in [9.17, 15) is 14.4 Å². The van der Waals surface area contributed by atoms with Gasteiger partial charge in [-0.2, -0.15) is 0 Å². The SMILES string of the molecule is C#CC(=O)OCCCCOc1c(OC)cc(C(=O)Oc2ccc(C=O)cc2)cc1OC. The number of hydrogen-bond acceptors (Lipinski definition) is 8. The van der Waals surface area contributed by atoms with Crippen LogP contribution in [0.25, 0.3) is 0 Å². The summed E-state index contributed by atoms with van der Waals surface area (Å²) in [5.41, 5.74) is 0.667.